The normalized spacial score (nSPS) is 15.1. The van der Waals surface area contributed by atoms with Crippen molar-refractivity contribution in [3.8, 4) is 0 Å². The number of esters is 1. The molecule has 1 atom stereocenters. The number of urea groups is 1. The van der Waals surface area contributed by atoms with Gasteiger partial charge in [-0.3, -0.25) is 14.4 Å². The number of hydrogen-bond acceptors (Lipinski definition) is 5. The molecule has 2 N–H and O–H groups in total. The van der Waals surface area contributed by atoms with Crippen molar-refractivity contribution < 1.29 is 23.9 Å². The highest BCUT2D eigenvalue weighted by molar-refractivity contribution is 6.00. The maximum absolute atomic E-state index is 13.7. The van der Waals surface area contributed by atoms with Crippen molar-refractivity contribution in [2.75, 3.05) is 30.3 Å². The fourth-order valence-electron chi connectivity index (χ4n) is 5.03. The molecule has 4 rings (SSSR count). The van der Waals surface area contributed by atoms with Crippen LogP contribution in [0.15, 0.2) is 78.9 Å². The van der Waals surface area contributed by atoms with Crippen molar-refractivity contribution in [1.29, 1.82) is 0 Å². The van der Waals surface area contributed by atoms with Gasteiger partial charge in [-0.1, -0.05) is 67.6 Å². The lowest BCUT2D eigenvalue weighted by molar-refractivity contribution is -0.159. The second kappa shape index (κ2) is 14.7. The molecule has 1 aliphatic heterocycles. The first-order chi connectivity index (χ1) is 21.0. The van der Waals surface area contributed by atoms with Crippen LogP contribution in [-0.4, -0.2) is 64.9 Å². The molecule has 0 saturated carbocycles. The van der Waals surface area contributed by atoms with Crippen molar-refractivity contribution in [3.63, 3.8) is 0 Å². The molecule has 1 saturated heterocycles. The van der Waals surface area contributed by atoms with E-state index in [2.05, 4.69) is 10.6 Å². The molecule has 0 spiro atoms. The summed E-state index contributed by atoms with van der Waals surface area (Å²) in [5.41, 5.74) is 3.46. The molecule has 0 aliphatic carbocycles. The Bertz CT molecular complexity index is 1460. The average molecular weight is 599 g/mol. The van der Waals surface area contributed by atoms with E-state index in [0.717, 1.165) is 22.4 Å². The molecular weight excluding hydrogens is 556 g/mol. The minimum absolute atomic E-state index is 0.102. The average Bonchev–Trinajstić information content (AvgIpc) is 3.00. The van der Waals surface area contributed by atoms with E-state index in [1.165, 1.54) is 0 Å². The Morgan fingerprint density at radius 3 is 2.25 bits per heavy atom. The second-order valence-electron chi connectivity index (χ2n) is 11.7. The van der Waals surface area contributed by atoms with Crippen molar-refractivity contribution >= 4 is 35.2 Å². The quantitative estimate of drug-likeness (QED) is 0.280. The molecule has 44 heavy (non-hydrogen) atoms. The smallest absolute Gasteiger partial charge is 0.323 e. The molecule has 232 valence electrons. The number of aryl methyl sites for hydroxylation is 1. The second-order valence-corrected chi connectivity index (χ2v) is 11.7. The molecule has 9 nitrogen and oxygen atoms in total. The third-order valence-corrected chi connectivity index (χ3v) is 7.96. The number of amides is 4. The number of hydrogen-bond donors (Lipinski definition) is 2. The number of ether oxygens (including phenoxy) is 1. The minimum Gasteiger partial charge on any atom is -0.460 e. The summed E-state index contributed by atoms with van der Waals surface area (Å²) in [5.74, 6) is -0.662. The van der Waals surface area contributed by atoms with Gasteiger partial charge in [0.2, 0.25) is 11.8 Å². The summed E-state index contributed by atoms with van der Waals surface area (Å²) in [5, 5.41) is 5.65. The highest BCUT2D eigenvalue weighted by atomic mass is 16.6. The van der Waals surface area contributed by atoms with E-state index in [1.54, 1.807) is 34.1 Å². The number of anilines is 2. The molecule has 1 unspecified atom stereocenters. The van der Waals surface area contributed by atoms with Gasteiger partial charge < -0.3 is 25.2 Å². The SMILES string of the molecule is CCC(C)(C)OC(=O)CCN1CCN(C(=O)Cc2ccc(NC(=O)Nc3ccccc3C)cc2)C(Cc2ccccc2)C1=O. The predicted molar refractivity (Wildman–Crippen MR) is 171 cm³/mol. The zero-order valence-corrected chi connectivity index (χ0v) is 26.0. The molecule has 1 fully saturated rings. The summed E-state index contributed by atoms with van der Waals surface area (Å²) < 4.78 is 5.55. The maximum atomic E-state index is 13.7. The molecule has 0 radical (unpaired) electrons. The lowest BCUT2D eigenvalue weighted by Crippen LogP contribution is -2.60. The van der Waals surface area contributed by atoms with Crippen molar-refractivity contribution in [1.82, 2.24) is 9.80 Å². The Hall–Kier alpha value is -4.66. The van der Waals surface area contributed by atoms with Crippen LogP contribution < -0.4 is 10.6 Å². The Balaban J connectivity index is 1.39. The molecule has 1 aliphatic rings. The zero-order chi connectivity index (χ0) is 31.7. The van der Waals surface area contributed by atoms with Crippen LogP contribution in [0.5, 0.6) is 0 Å². The number of rotatable bonds is 11. The van der Waals surface area contributed by atoms with Crippen LogP contribution in [-0.2, 0) is 32.0 Å². The van der Waals surface area contributed by atoms with Crippen LogP contribution in [0.4, 0.5) is 16.2 Å². The van der Waals surface area contributed by atoms with Gasteiger partial charge in [0, 0.05) is 37.4 Å². The summed E-state index contributed by atoms with van der Waals surface area (Å²) in [7, 11) is 0. The van der Waals surface area contributed by atoms with Gasteiger partial charge in [-0.05, 0) is 62.1 Å². The first-order valence-electron chi connectivity index (χ1n) is 15.1. The Kier molecular flexibility index (Phi) is 10.8. The fourth-order valence-corrected chi connectivity index (χ4v) is 5.03. The van der Waals surface area contributed by atoms with E-state index in [0.29, 0.717) is 31.6 Å². The van der Waals surface area contributed by atoms with Gasteiger partial charge >= 0.3 is 12.0 Å². The summed E-state index contributed by atoms with van der Waals surface area (Å²) in [6.45, 7) is 8.57. The molecule has 9 heteroatoms. The lowest BCUT2D eigenvalue weighted by atomic mass is 9.99. The first kappa shape index (κ1) is 32.3. The number of nitrogens with one attached hydrogen (secondary N) is 2. The van der Waals surface area contributed by atoms with Crippen LogP contribution >= 0.6 is 0 Å². The number of carbonyl (C=O) groups excluding carboxylic acids is 4. The monoisotopic (exact) mass is 598 g/mol. The molecule has 3 aromatic carbocycles. The third kappa shape index (κ3) is 8.92. The number of nitrogens with zero attached hydrogens (tertiary/aromatic N) is 2. The van der Waals surface area contributed by atoms with Gasteiger partial charge in [0.05, 0.1) is 12.8 Å². The largest absolute Gasteiger partial charge is 0.460 e. The van der Waals surface area contributed by atoms with E-state index in [-0.39, 0.29) is 43.2 Å². The topological polar surface area (TPSA) is 108 Å². The summed E-state index contributed by atoms with van der Waals surface area (Å²) in [6, 6.07) is 23.2. The Morgan fingerprint density at radius 2 is 1.57 bits per heavy atom. The van der Waals surface area contributed by atoms with E-state index < -0.39 is 11.6 Å². The van der Waals surface area contributed by atoms with Gasteiger partial charge in [-0.25, -0.2) is 4.79 Å². The number of para-hydroxylation sites is 1. The first-order valence-corrected chi connectivity index (χ1v) is 15.1. The molecule has 4 amide bonds. The number of piperazine rings is 1. The van der Waals surface area contributed by atoms with Crippen molar-refractivity contribution in [3.05, 3.63) is 95.6 Å². The van der Waals surface area contributed by atoms with E-state index in [4.69, 9.17) is 4.74 Å². The molecular formula is C35H42N4O5. The summed E-state index contributed by atoms with van der Waals surface area (Å²) in [4.78, 5) is 55.5. The Morgan fingerprint density at radius 1 is 0.886 bits per heavy atom. The van der Waals surface area contributed by atoms with Gasteiger partial charge in [-0.15, -0.1) is 0 Å². The van der Waals surface area contributed by atoms with Crippen LogP contribution in [0.3, 0.4) is 0 Å². The number of carbonyl (C=O) groups is 4. The summed E-state index contributed by atoms with van der Waals surface area (Å²) >= 11 is 0. The minimum atomic E-state index is -0.673. The molecule has 0 aromatic heterocycles. The van der Waals surface area contributed by atoms with Gasteiger partial charge in [-0.2, -0.15) is 0 Å². The van der Waals surface area contributed by atoms with Crippen molar-refractivity contribution in [2.45, 2.75) is 65.0 Å². The van der Waals surface area contributed by atoms with Crippen LogP contribution in [0.1, 0.15) is 50.3 Å². The van der Waals surface area contributed by atoms with Crippen LogP contribution in [0, 0.1) is 6.92 Å². The molecule has 3 aromatic rings. The number of benzene rings is 3. The van der Waals surface area contributed by atoms with Crippen molar-refractivity contribution in [2.24, 2.45) is 0 Å². The zero-order valence-electron chi connectivity index (χ0n) is 26.0. The Labute approximate surface area is 259 Å². The highest BCUT2D eigenvalue weighted by Crippen LogP contribution is 2.21. The molecule has 1 heterocycles. The maximum Gasteiger partial charge on any atom is 0.323 e. The highest BCUT2D eigenvalue weighted by Gasteiger charge is 2.37. The van der Waals surface area contributed by atoms with Gasteiger partial charge in [0.1, 0.15) is 11.6 Å². The lowest BCUT2D eigenvalue weighted by Gasteiger charge is -2.41. The van der Waals surface area contributed by atoms with Crippen LogP contribution in [0.25, 0.3) is 0 Å². The third-order valence-electron chi connectivity index (χ3n) is 7.96. The fraction of sp³-hybridized carbons (Fsp3) is 0.371. The predicted octanol–water partition coefficient (Wildman–Crippen LogP) is 5.59. The van der Waals surface area contributed by atoms with E-state index in [9.17, 15) is 19.2 Å². The van der Waals surface area contributed by atoms with E-state index in [1.807, 2.05) is 82.3 Å². The van der Waals surface area contributed by atoms with Gasteiger partial charge in [0.25, 0.3) is 0 Å². The van der Waals surface area contributed by atoms with E-state index >= 15 is 0 Å². The van der Waals surface area contributed by atoms with Gasteiger partial charge in [0.15, 0.2) is 0 Å². The molecule has 0 bridgehead atoms. The standard InChI is InChI=1S/C35H42N4O5/c1-5-35(3,4)44-32(41)19-20-38-21-22-39(30(33(38)42)23-26-12-7-6-8-13-26)31(40)24-27-15-17-28(18-16-27)36-34(43)37-29-14-10-9-11-25(29)2/h6-18,30H,5,19-24H2,1-4H3,(H2,36,37,43). The summed E-state index contributed by atoms with van der Waals surface area (Å²) in [6.07, 6.45) is 1.30. The van der Waals surface area contributed by atoms with Crippen LogP contribution in [0.2, 0.25) is 0 Å².